The number of thioether (sulfide) groups is 1. The first-order valence-electron chi connectivity index (χ1n) is 11.7. The molecule has 11 heteroatoms. The highest BCUT2D eigenvalue weighted by Crippen LogP contribution is 2.45. The number of nitrogens with one attached hydrogen (secondary N) is 1. The van der Waals surface area contributed by atoms with Crippen molar-refractivity contribution in [2.24, 2.45) is 5.92 Å². The van der Waals surface area contributed by atoms with Crippen LogP contribution in [0.1, 0.15) is 47.1 Å². The minimum atomic E-state index is -4.48. The summed E-state index contributed by atoms with van der Waals surface area (Å²) in [6.07, 6.45) is -3.71. The lowest BCUT2D eigenvalue weighted by molar-refractivity contribution is -0.137. The van der Waals surface area contributed by atoms with Crippen LogP contribution in [0, 0.1) is 5.92 Å². The second-order valence-corrected chi connectivity index (χ2v) is 10.0. The Labute approximate surface area is 218 Å². The summed E-state index contributed by atoms with van der Waals surface area (Å²) >= 11 is 1.32. The van der Waals surface area contributed by atoms with E-state index < -0.39 is 29.1 Å². The van der Waals surface area contributed by atoms with E-state index in [9.17, 15) is 22.8 Å². The number of nitrogens with zero attached hydrogens (tertiary/aromatic N) is 1. The molecule has 37 heavy (non-hydrogen) atoms. The van der Waals surface area contributed by atoms with Gasteiger partial charge in [0.25, 0.3) is 5.91 Å². The van der Waals surface area contributed by atoms with Gasteiger partial charge in [0, 0.05) is 17.9 Å². The standard InChI is InChI=1S/C26H31F3N2O5S/c1-15(2)10-11-30-23(32)19-14-37-25(16-6-8-18(9-7-16)26(27,28)29)31(19)24(33)17-12-20(34-3)22(36-5)21(13-17)35-4/h6-9,12-13,15,19,25H,10-11,14H2,1-5H3,(H,30,32). The number of amides is 2. The maximum Gasteiger partial charge on any atom is 0.416 e. The Kier molecular flexibility index (Phi) is 9.22. The third-order valence-corrected chi connectivity index (χ3v) is 7.32. The normalized spacial score (nSPS) is 17.6. The molecule has 1 fully saturated rings. The van der Waals surface area contributed by atoms with Crippen molar-refractivity contribution in [3.05, 3.63) is 53.1 Å². The fraction of sp³-hybridized carbons (Fsp3) is 0.462. The van der Waals surface area contributed by atoms with Gasteiger partial charge in [0.05, 0.1) is 26.9 Å². The summed E-state index contributed by atoms with van der Waals surface area (Å²) in [4.78, 5) is 28.5. The van der Waals surface area contributed by atoms with Crippen molar-refractivity contribution in [1.82, 2.24) is 10.2 Å². The van der Waals surface area contributed by atoms with Crippen molar-refractivity contribution in [3.8, 4) is 17.2 Å². The topological polar surface area (TPSA) is 77.1 Å². The summed E-state index contributed by atoms with van der Waals surface area (Å²) in [6.45, 7) is 4.53. The van der Waals surface area contributed by atoms with Crippen LogP contribution in [0.2, 0.25) is 0 Å². The number of hydrogen-bond donors (Lipinski definition) is 1. The van der Waals surface area contributed by atoms with E-state index in [-0.39, 0.29) is 28.7 Å². The van der Waals surface area contributed by atoms with Crippen LogP contribution in [0.15, 0.2) is 36.4 Å². The van der Waals surface area contributed by atoms with Crippen LogP contribution in [0.4, 0.5) is 13.2 Å². The van der Waals surface area contributed by atoms with Gasteiger partial charge in [-0.15, -0.1) is 11.8 Å². The van der Waals surface area contributed by atoms with Crippen LogP contribution in [-0.2, 0) is 11.0 Å². The minimum Gasteiger partial charge on any atom is -0.493 e. The first-order valence-corrected chi connectivity index (χ1v) is 12.8. The molecule has 0 aliphatic carbocycles. The number of carbonyl (C=O) groups excluding carboxylic acids is 2. The van der Waals surface area contributed by atoms with E-state index in [0.29, 0.717) is 23.8 Å². The van der Waals surface area contributed by atoms with Crippen molar-refractivity contribution < 1.29 is 37.0 Å². The second kappa shape index (κ2) is 12.0. The quantitative estimate of drug-likeness (QED) is 0.474. The summed E-state index contributed by atoms with van der Waals surface area (Å²) in [5.41, 5.74) is -0.116. The number of halogens is 3. The summed E-state index contributed by atoms with van der Waals surface area (Å²) in [5.74, 6) is 0.702. The predicted molar refractivity (Wildman–Crippen MR) is 135 cm³/mol. The Morgan fingerprint density at radius 1 is 1.05 bits per heavy atom. The Morgan fingerprint density at radius 2 is 1.65 bits per heavy atom. The first-order chi connectivity index (χ1) is 17.5. The lowest BCUT2D eigenvalue weighted by Crippen LogP contribution is -2.48. The average molecular weight is 541 g/mol. The average Bonchev–Trinajstić information content (AvgIpc) is 3.31. The van der Waals surface area contributed by atoms with Gasteiger partial charge in [-0.25, -0.2) is 0 Å². The second-order valence-electron chi connectivity index (χ2n) is 8.92. The third kappa shape index (κ3) is 6.44. The van der Waals surface area contributed by atoms with Gasteiger partial charge < -0.3 is 24.4 Å². The molecule has 0 bridgehead atoms. The lowest BCUT2D eigenvalue weighted by atomic mass is 10.1. The van der Waals surface area contributed by atoms with Gasteiger partial charge in [-0.2, -0.15) is 13.2 Å². The number of methoxy groups -OCH3 is 3. The van der Waals surface area contributed by atoms with Crippen LogP contribution >= 0.6 is 11.8 Å². The molecule has 0 radical (unpaired) electrons. The maximum atomic E-state index is 13.9. The van der Waals surface area contributed by atoms with Gasteiger partial charge in [0.2, 0.25) is 11.7 Å². The fourth-order valence-electron chi connectivity index (χ4n) is 4.01. The zero-order valence-corrected chi connectivity index (χ0v) is 22.2. The molecule has 2 amide bonds. The molecule has 2 aromatic rings. The molecule has 3 rings (SSSR count). The molecule has 1 aliphatic rings. The molecule has 202 valence electrons. The van der Waals surface area contributed by atoms with Crippen LogP contribution in [-0.4, -0.2) is 56.4 Å². The monoisotopic (exact) mass is 540 g/mol. The molecule has 1 heterocycles. The van der Waals surface area contributed by atoms with E-state index in [1.165, 1.54) is 62.3 Å². The van der Waals surface area contributed by atoms with Gasteiger partial charge >= 0.3 is 6.18 Å². The van der Waals surface area contributed by atoms with E-state index in [2.05, 4.69) is 5.32 Å². The third-order valence-electron chi connectivity index (χ3n) is 5.99. The highest BCUT2D eigenvalue weighted by atomic mass is 32.2. The van der Waals surface area contributed by atoms with E-state index in [4.69, 9.17) is 14.2 Å². The Balaban J connectivity index is 2.01. The van der Waals surface area contributed by atoms with Crippen LogP contribution in [0.3, 0.4) is 0 Å². The molecule has 1 aliphatic heterocycles. The van der Waals surface area contributed by atoms with Crippen LogP contribution in [0.25, 0.3) is 0 Å². The van der Waals surface area contributed by atoms with Gasteiger partial charge in [0.1, 0.15) is 11.4 Å². The minimum absolute atomic E-state index is 0.189. The summed E-state index contributed by atoms with van der Waals surface area (Å²) < 4.78 is 55.4. The van der Waals surface area contributed by atoms with Gasteiger partial charge in [-0.05, 0) is 42.2 Å². The number of ether oxygens (including phenoxy) is 3. The van der Waals surface area contributed by atoms with Crippen molar-refractivity contribution in [1.29, 1.82) is 0 Å². The largest absolute Gasteiger partial charge is 0.493 e. The number of benzene rings is 2. The Hall–Kier alpha value is -3.08. The molecule has 0 saturated carbocycles. The highest BCUT2D eigenvalue weighted by Gasteiger charge is 2.43. The number of carbonyl (C=O) groups is 2. The molecule has 7 nitrogen and oxygen atoms in total. The van der Waals surface area contributed by atoms with Crippen molar-refractivity contribution in [2.75, 3.05) is 33.6 Å². The van der Waals surface area contributed by atoms with Crippen molar-refractivity contribution >= 4 is 23.6 Å². The van der Waals surface area contributed by atoms with Gasteiger partial charge in [0.15, 0.2) is 11.5 Å². The summed E-state index contributed by atoms with van der Waals surface area (Å²) in [7, 11) is 4.29. The van der Waals surface area contributed by atoms with E-state index in [0.717, 1.165) is 18.6 Å². The van der Waals surface area contributed by atoms with Crippen LogP contribution < -0.4 is 19.5 Å². The Morgan fingerprint density at radius 3 is 2.14 bits per heavy atom. The fourth-order valence-corrected chi connectivity index (χ4v) is 5.43. The predicted octanol–water partition coefficient (Wildman–Crippen LogP) is 5.15. The number of rotatable bonds is 9. The molecule has 1 N–H and O–H groups in total. The van der Waals surface area contributed by atoms with E-state index in [1.54, 1.807) is 0 Å². The lowest BCUT2D eigenvalue weighted by Gasteiger charge is -2.30. The van der Waals surface area contributed by atoms with Crippen LogP contribution in [0.5, 0.6) is 17.2 Å². The zero-order valence-electron chi connectivity index (χ0n) is 21.3. The van der Waals surface area contributed by atoms with Crippen molar-refractivity contribution in [2.45, 2.75) is 37.9 Å². The molecule has 2 unspecified atom stereocenters. The summed E-state index contributed by atoms with van der Waals surface area (Å²) in [5, 5.41) is 2.22. The number of alkyl halides is 3. The van der Waals surface area contributed by atoms with Gasteiger partial charge in [-0.1, -0.05) is 26.0 Å². The van der Waals surface area contributed by atoms with Crippen molar-refractivity contribution in [3.63, 3.8) is 0 Å². The summed E-state index contributed by atoms with van der Waals surface area (Å²) in [6, 6.07) is 6.80. The smallest absolute Gasteiger partial charge is 0.416 e. The number of hydrogen-bond acceptors (Lipinski definition) is 6. The highest BCUT2D eigenvalue weighted by molar-refractivity contribution is 7.99. The first kappa shape index (κ1) is 28.5. The van der Waals surface area contributed by atoms with Gasteiger partial charge in [-0.3, -0.25) is 9.59 Å². The molecule has 2 aromatic carbocycles. The molecule has 0 aromatic heterocycles. The molecule has 2 atom stereocenters. The molecular formula is C26H31F3N2O5S. The molecule has 1 saturated heterocycles. The maximum absolute atomic E-state index is 13.9. The van der Waals surface area contributed by atoms with E-state index >= 15 is 0 Å². The SMILES string of the molecule is COc1cc(C(=O)N2C(C(=O)NCCC(C)C)CSC2c2ccc(C(F)(F)F)cc2)cc(OC)c1OC. The molecule has 0 spiro atoms. The molecular weight excluding hydrogens is 509 g/mol. The van der Waals surface area contributed by atoms with E-state index in [1.807, 2.05) is 13.8 Å². The Bertz CT molecular complexity index is 1080. The zero-order chi connectivity index (χ0) is 27.3.